The third-order valence-electron chi connectivity index (χ3n) is 5.05. The zero-order chi connectivity index (χ0) is 22.9. The van der Waals surface area contributed by atoms with Crippen molar-refractivity contribution in [2.75, 3.05) is 0 Å². The summed E-state index contributed by atoms with van der Waals surface area (Å²) < 4.78 is -0.00177. The molecule has 0 spiro atoms. The number of hydrogen-bond acceptors (Lipinski definition) is 0. The highest BCUT2D eigenvalue weighted by molar-refractivity contribution is 9.31. The minimum Gasteiger partial charge on any atom is -0.0820 e. The van der Waals surface area contributed by atoms with Crippen LogP contribution in [0.4, 0.5) is 0 Å². The van der Waals surface area contributed by atoms with Crippen LogP contribution in [-0.2, 0) is 4.32 Å². The lowest BCUT2D eigenvalue weighted by Gasteiger charge is -2.61. The molecule has 164 valence electrons. The van der Waals surface area contributed by atoms with Gasteiger partial charge in [-0.25, -0.2) is 0 Å². The van der Waals surface area contributed by atoms with Crippen molar-refractivity contribution in [1.82, 2.24) is 0 Å². The molecule has 0 fully saturated rings. The molecule has 0 saturated heterocycles. The zero-order valence-corrected chi connectivity index (χ0v) is 33.2. The number of benzene rings is 1. The third-order valence-corrected chi connectivity index (χ3v) is 27.0. The van der Waals surface area contributed by atoms with Crippen molar-refractivity contribution in [3.05, 3.63) is 66.0 Å². The molecule has 1 aromatic rings. The van der Waals surface area contributed by atoms with Gasteiger partial charge in [0, 0.05) is 17.9 Å². The fraction of sp³-hybridized carbons (Fsp3) is 0.333. The van der Waals surface area contributed by atoms with Crippen LogP contribution in [0.5, 0.6) is 0 Å². The molecule has 0 radical (unpaired) electrons. The topological polar surface area (TPSA) is 0 Å². The van der Waals surface area contributed by atoms with Crippen molar-refractivity contribution in [1.29, 1.82) is 0 Å². The minimum atomic E-state index is -0.799. The number of alkyl halides is 8. The summed E-state index contributed by atoms with van der Waals surface area (Å²) in [4.78, 5) is -0.00696. The van der Waals surface area contributed by atoms with E-state index in [0.717, 1.165) is 23.5 Å². The van der Waals surface area contributed by atoms with Crippen molar-refractivity contribution in [3.8, 4) is 0 Å². The van der Waals surface area contributed by atoms with Gasteiger partial charge in [-0.2, -0.15) is 0 Å². The Labute approximate surface area is 276 Å². The Kier molecular flexibility index (Phi) is 9.42. The summed E-state index contributed by atoms with van der Waals surface area (Å²) in [5.41, 5.74) is 1.06. The van der Waals surface area contributed by atoms with E-state index in [1.165, 1.54) is 0 Å². The summed E-state index contributed by atoms with van der Waals surface area (Å²) >= 11 is 47.4. The monoisotopic (exact) mass is 1170 g/mol. The van der Waals surface area contributed by atoms with Crippen molar-refractivity contribution in [2.24, 2.45) is 0 Å². The average Bonchev–Trinajstić information content (AvgIpc) is 2.72. The lowest BCUT2D eigenvalue weighted by Crippen LogP contribution is -2.69. The maximum Gasteiger partial charge on any atom is 0.127 e. The number of hydrogen-bond donors (Lipinski definition) is 0. The zero-order valence-electron chi connectivity index (χ0n) is 14.2. The van der Waals surface area contributed by atoms with E-state index in [0.29, 0.717) is 0 Å². The molecule has 0 aromatic heterocycles. The van der Waals surface area contributed by atoms with Gasteiger partial charge >= 0.3 is 0 Å². The van der Waals surface area contributed by atoms with E-state index in [1.807, 2.05) is 18.2 Å². The van der Waals surface area contributed by atoms with Crippen LogP contribution in [0, 0.1) is 0 Å². The first-order chi connectivity index (χ1) is 13.6. The molecule has 4 atom stereocenters. The van der Waals surface area contributed by atoms with E-state index in [4.69, 9.17) is 0 Å². The molecular weight excluding hydrogens is 1180 g/mol. The number of halogens is 12. The van der Waals surface area contributed by atoms with Crippen LogP contribution < -0.4 is 0 Å². The van der Waals surface area contributed by atoms with E-state index >= 15 is 0 Å². The first-order valence-corrected chi connectivity index (χ1v) is 17.6. The summed E-state index contributed by atoms with van der Waals surface area (Å²) in [7, 11) is 0. The standard InChI is InChI=1S/C18H8Br12/c19-9-6-7-14(24,18(29,30)17(9,27)28)16(26)13(23)11(21)10(20)12(22)15(16,25)8-4-2-1-3-5-8/h1-7,9H. The Morgan fingerprint density at radius 2 is 1.20 bits per heavy atom. The summed E-state index contributed by atoms with van der Waals surface area (Å²) in [6, 6.07) is 10.3. The summed E-state index contributed by atoms with van der Waals surface area (Å²) in [6.07, 6.45) is 4.25. The largest absolute Gasteiger partial charge is 0.127 e. The van der Waals surface area contributed by atoms with Gasteiger partial charge in [0.15, 0.2) is 0 Å². The Balaban J connectivity index is 2.47. The summed E-state index contributed by atoms with van der Waals surface area (Å²) in [5.74, 6) is 0. The molecule has 2 aliphatic carbocycles. The van der Waals surface area contributed by atoms with Crippen LogP contribution in [0.1, 0.15) is 5.56 Å². The molecule has 0 heterocycles. The van der Waals surface area contributed by atoms with E-state index in [1.54, 1.807) is 0 Å². The molecule has 0 bridgehead atoms. The quantitative estimate of drug-likeness (QED) is 0.205. The third kappa shape index (κ3) is 3.85. The average molecular weight is 1180 g/mol. The van der Waals surface area contributed by atoms with Gasteiger partial charge in [-0.3, -0.25) is 0 Å². The second-order valence-electron chi connectivity index (χ2n) is 6.61. The second kappa shape index (κ2) is 9.82. The van der Waals surface area contributed by atoms with Crippen LogP contribution in [-0.4, -0.2) is 19.9 Å². The molecule has 0 saturated carbocycles. The summed E-state index contributed by atoms with van der Waals surface area (Å²) in [6.45, 7) is 0. The SMILES string of the molecule is BrC1=C(Br)C(Br)(c2ccccc2)C(Br)(C2(Br)C=CC(Br)C(Br)(Br)C2(Br)Br)C(Br)=C1Br. The van der Waals surface area contributed by atoms with E-state index in [-0.39, 0.29) is 4.83 Å². The predicted octanol–water partition coefficient (Wildman–Crippen LogP) is 11.9. The van der Waals surface area contributed by atoms with Crippen LogP contribution in [0.3, 0.4) is 0 Å². The number of allylic oxidation sites excluding steroid dienone is 6. The Hall–Kier alpha value is 4.20. The van der Waals surface area contributed by atoms with E-state index in [2.05, 4.69) is 215 Å². The molecule has 0 aliphatic heterocycles. The molecule has 30 heavy (non-hydrogen) atoms. The fourth-order valence-corrected chi connectivity index (χ4v) is 15.5. The maximum absolute atomic E-state index is 4.21. The maximum atomic E-state index is 4.21. The van der Waals surface area contributed by atoms with Crippen LogP contribution in [0.15, 0.2) is 60.4 Å². The van der Waals surface area contributed by atoms with Gasteiger partial charge in [0.05, 0.1) is 9.15 Å². The Bertz CT molecular complexity index is 965. The fourth-order valence-electron chi connectivity index (χ4n) is 3.39. The van der Waals surface area contributed by atoms with Gasteiger partial charge in [-0.1, -0.05) is 202 Å². The van der Waals surface area contributed by atoms with Crippen molar-refractivity contribution in [2.45, 2.75) is 24.3 Å². The van der Waals surface area contributed by atoms with Gasteiger partial charge in [-0.05, 0) is 37.4 Å². The Morgan fingerprint density at radius 1 is 0.700 bits per heavy atom. The van der Waals surface area contributed by atoms with Gasteiger partial charge in [0.25, 0.3) is 0 Å². The molecule has 0 nitrogen and oxygen atoms in total. The lowest BCUT2D eigenvalue weighted by atomic mass is 9.71. The molecule has 12 heteroatoms. The van der Waals surface area contributed by atoms with Gasteiger partial charge in [-0.15, -0.1) is 0 Å². The van der Waals surface area contributed by atoms with Gasteiger partial charge < -0.3 is 0 Å². The predicted molar refractivity (Wildman–Crippen MR) is 173 cm³/mol. The van der Waals surface area contributed by atoms with Gasteiger partial charge in [0.2, 0.25) is 0 Å². The molecule has 4 unspecified atom stereocenters. The first kappa shape index (κ1) is 28.8. The highest BCUT2D eigenvalue weighted by Gasteiger charge is 2.75. The van der Waals surface area contributed by atoms with Gasteiger partial charge in [0.1, 0.15) is 15.1 Å². The number of rotatable bonds is 2. The van der Waals surface area contributed by atoms with Crippen molar-refractivity contribution in [3.63, 3.8) is 0 Å². The molecule has 0 N–H and O–H groups in total. The normalized spacial score (nSPS) is 38.2. The van der Waals surface area contributed by atoms with E-state index < -0.39 is 19.4 Å². The lowest BCUT2D eigenvalue weighted by molar-refractivity contribution is 0.459. The molecule has 0 amide bonds. The highest BCUT2D eigenvalue weighted by atomic mass is 79.9. The minimum absolute atomic E-state index is 0.00696. The molecule has 1 aromatic carbocycles. The second-order valence-corrected chi connectivity index (χ2v) is 21.4. The highest BCUT2D eigenvalue weighted by Crippen LogP contribution is 2.76. The molecular formula is C18H8Br12. The van der Waals surface area contributed by atoms with Crippen molar-refractivity contribution >= 4 is 191 Å². The van der Waals surface area contributed by atoms with Crippen LogP contribution in [0.2, 0.25) is 0 Å². The molecule has 2 aliphatic rings. The smallest absolute Gasteiger partial charge is 0.0820 e. The van der Waals surface area contributed by atoms with Crippen LogP contribution in [0.25, 0.3) is 0 Å². The summed E-state index contributed by atoms with van der Waals surface area (Å²) in [5, 5.41) is 0. The first-order valence-electron chi connectivity index (χ1n) is 7.95. The van der Waals surface area contributed by atoms with Crippen molar-refractivity contribution < 1.29 is 0 Å². The molecule has 3 rings (SSSR count). The Morgan fingerprint density at radius 3 is 1.73 bits per heavy atom. The van der Waals surface area contributed by atoms with Crippen LogP contribution >= 0.6 is 191 Å². The van der Waals surface area contributed by atoms with E-state index in [9.17, 15) is 0 Å².